The summed E-state index contributed by atoms with van der Waals surface area (Å²) < 4.78 is 43.3. The van der Waals surface area contributed by atoms with E-state index in [4.69, 9.17) is 9.47 Å². The number of fused-ring (bicyclic) bond motifs is 1. The highest BCUT2D eigenvalue weighted by Gasteiger charge is 2.30. The lowest BCUT2D eigenvalue weighted by molar-refractivity contribution is -0.546. The number of hydrogen-bond donors (Lipinski definition) is 0. The number of nitrogens with zero attached hydrogens (tertiary/aromatic N) is 1. The van der Waals surface area contributed by atoms with Gasteiger partial charge in [0.2, 0.25) is 0 Å². The summed E-state index contributed by atoms with van der Waals surface area (Å²) in [5, 5.41) is 0. The fourth-order valence-corrected chi connectivity index (χ4v) is 5.29. The van der Waals surface area contributed by atoms with Crippen molar-refractivity contribution in [3.8, 4) is 11.5 Å². The number of ether oxygens (including phenoxy) is 2. The highest BCUT2D eigenvalue weighted by Crippen LogP contribution is 2.37. The molecular formula is C32H46F2NO2+. The van der Waals surface area contributed by atoms with E-state index in [0.717, 1.165) is 54.9 Å². The molecule has 0 spiro atoms. The van der Waals surface area contributed by atoms with Gasteiger partial charge in [-0.2, -0.15) is 0 Å². The van der Waals surface area contributed by atoms with E-state index >= 15 is 0 Å². The SMILES string of the molecule is CCCCCCCCOc1c(OC)ccc2c1CC[N+](Cc1c(F)cccc1F)=C2CCCCCCC. The summed E-state index contributed by atoms with van der Waals surface area (Å²) in [6.07, 6.45) is 14.8. The average Bonchev–Trinajstić information content (AvgIpc) is 2.90. The van der Waals surface area contributed by atoms with Crippen molar-refractivity contribution < 1.29 is 22.8 Å². The molecule has 1 aliphatic heterocycles. The van der Waals surface area contributed by atoms with Gasteiger partial charge in [-0.25, -0.2) is 13.4 Å². The molecule has 0 atom stereocenters. The lowest BCUT2D eigenvalue weighted by Gasteiger charge is -2.23. The molecule has 0 bridgehead atoms. The van der Waals surface area contributed by atoms with Crippen LogP contribution in [0.4, 0.5) is 8.78 Å². The third-order valence-corrected chi connectivity index (χ3v) is 7.44. The maximum atomic E-state index is 14.5. The number of benzene rings is 2. The molecule has 2 aromatic carbocycles. The van der Waals surface area contributed by atoms with Gasteiger partial charge in [-0.05, 0) is 37.1 Å². The van der Waals surface area contributed by atoms with Gasteiger partial charge in [0, 0.05) is 24.0 Å². The lowest BCUT2D eigenvalue weighted by atomic mass is 9.91. The second kappa shape index (κ2) is 15.7. The van der Waals surface area contributed by atoms with E-state index in [1.54, 1.807) is 7.11 Å². The Hall–Kier alpha value is -2.43. The van der Waals surface area contributed by atoms with Gasteiger partial charge in [-0.1, -0.05) is 77.7 Å². The van der Waals surface area contributed by atoms with Gasteiger partial charge in [0.25, 0.3) is 0 Å². The Labute approximate surface area is 222 Å². The summed E-state index contributed by atoms with van der Waals surface area (Å²) >= 11 is 0. The van der Waals surface area contributed by atoms with Crippen molar-refractivity contribution in [2.75, 3.05) is 20.3 Å². The molecule has 1 aliphatic rings. The van der Waals surface area contributed by atoms with E-state index in [2.05, 4.69) is 24.5 Å². The van der Waals surface area contributed by atoms with Crippen LogP contribution in [-0.4, -0.2) is 30.5 Å². The molecule has 0 unspecified atom stereocenters. The first-order chi connectivity index (χ1) is 18.1. The van der Waals surface area contributed by atoms with E-state index < -0.39 is 11.6 Å². The number of rotatable bonds is 17. The molecule has 3 rings (SSSR count). The molecular weight excluding hydrogens is 468 g/mol. The predicted molar refractivity (Wildman–Crippen MR) is 148 cm³/mol. The zero-order valence-corrected chi connectivity index (χ0v) is 23.2. The van der Waals surface area contributed by atoms with Gasteiger partial charge in [-0.3, -0.25) is 0 Å². The fraction of sp³-hybridized carbons (Fsp3) is 0.594. The summed E-state index contributed by atoms with van der Waals surface area (Å²) in [6, 6.07) is 8.22. The molecule has 0 aromatic heterocycles. The second-order valence-corrected chi connectivity index (χ2v) is 10.2. The lowest BCUT2D eigenvalue weighted by Crippen LogP contribution is -2.31. The first-order valence-electron chi connectivity index (χ1n) is 14.5. The second-order valence-electron chi connectivity index (χ2n) is 10.2. The predicted octanol–water partition coefficient (Wildman–Crippen LogP) is 8.63. The quantitative estimate of drug-likeness (QED) is 0.156. The molecule has 0 amide bonds. The number of hydrogen-bond acceptors (Lipinski definition) is 2. The van der Waals surface area contributed by atoms with Gasteiger partial charge in [-0.15, -0.1) is 0 Å². The molecule has 5 heteroatoms. The van der Waals surface area contributed by atoms with Crippen LogP contribution in [0.1, 0.15) is 108 Å². The van der Waals surface area contributed by atoms with Crippen LogP contribution in [0, 0.1) is 11.6 Å². The molecule has 1 heterocycles. The maximum Gasteiger partial charge on any atom is 0.184 e. The van der Waals surface area contributed by atoms with Crippen LogP contribution in [-0.2, 0) is 13.0 Å². The molecule has 0 radical (unpaired) electrons. The summed E-state index contributed by atoms with van der Waals surface area (Å²) in [7, 11) is 1.69. The monoisotopic (exact) mass is 514 g/mol. The highest BCUT2D eigenvalue weighted by molar-refractivity contribution is 5.99. The van der Waals surface area contributed by atoms with Crippen LogP contribution >= 0.6 is 0 Å². The third-order valence-electron chi connectivity index (χ3n) is 7.44. The van der Waals surface area contributed by atoms with Crippen molar-refractivity contribution in [3.63, 3.8) is 0 Å². The van der Waals surface area contributed by atoms with Crippen molar-refractivity contribution in [2.24, 2.45) is 0 Å². The van der Waals surface area contributed by atoms with Crippen LogP contribution in [0.25, 0.3) is 0 Å². The summed E-state index contributed by atoms with van der Waals surface area (Å²) in [6.45, 7) is 6.07. The molecule has 0 aliphatic carbocycles. The van der Waals surface area contributed by atoms with E-state index in [1.165, 1.54) is 75.1 Å². The highest BCUT2D eigenvalue weighted by atomic mass is 19.1. The van der Waals surface area contributed by atoms with Crippen molar-refractivity contribution >= 4 is 5.71 Å². The topological polar surface area (TPSA) is 21.5 Å². The molecule has 0 saturated heterocycles. The van der Waals surface area contributed by atoms with Crippen molar-refractivity contribution in [1.29, 1.82) is 0 Å². The zero-order chi connectivity index (χ0) is 26.5. The fourth-order valence-electron chi connectivity index (χ4n) is 5.29. The van der Waals surface area contributed by atoms with Gasteiger partial charge in [0.05, 0.1) is 19.3 Å². The van der Waals surface area contributed by atoms with Crippen molar-refractivity contribution in [3.05, 3.63) is 58.7 Å². The van der Waals surface area contributed by atoms with E-state index in [1.807, 2.05) is 6.07 Å². The summed E-state index contributed by atoms with van der Waals surface area (Å²) in [5.41, 5.74) is 3.60. The Morgan fingerprint density at radius 3 is 2.14 bits per heavy atom. The Morgan fingerprint density at radius 2 is 1.46 bits per heavy atom. The zero-order valence-electron chi connectivity index (χ0n) is 23.2. The minimum absolute atomic E-state index is 0.141. The minimum atomic E-state index is -0.481. The van der Waals surface area contributed by atoms with E-state index in [0.29, 0.717) is 13.2 Å². The first-order valence-corrected chi connectivity index (χ1v) is 14.5. The molecule has 0 N–H and O–H groups in total. The Balaban J connectivity index is 1.85. The Morgan fingerprint density at radius 1 is 0.811 bits per heavy atom. The van der Waals surface area contributed by atoms with Gasteiger partial charge >= 0.3 is 0 Å². The average molecular weight is 515 g/mol. The molecule has 37 heavy (non-hydrogen) atoms. The summed E-state index contributed by atoms with van der Waals surface area (Å²) in [4.78, 5) is 0. The smallest absolute Gasteiger partial charge is 0.184 e. The van der Waals surface area contributed by atoms with Crippen LogP contribution < -0.4 is 9.47 Å². The van der Waals surface area contributed by atoms with E-state index in [-0.39, 0.29) is 12.1 Å². The van der Waals surface area contributed by atoms with Crippen LogP contribution in [0.15, 0.2) is 30.3 Å². The normalized spacial score (nSPS) is 13.1. The summed E-state index contributed by atoms with van der Waals surface area (Å²) in [5.74, 6) is 0.644. The van der Waals surface area contributed by atoms with Gasteiger partial charge < -0.3 is 9.47 Å². The number of halogens is 2. The number of methoxy groups -OCH3 is 1. The van der Waals surface area contributed by atoms with Gasteiger partial charge in [0.1, 0.15) is 18.2 Å². The van der Waals surface area contributed by atoms with Crippen LogP contribution in [0.5, 0.6) is 11.5 Å². The molecule has 0 saturated carbocycles. The Kier molecular flexibility index (Phi) is 12.4. The van der Waals surface area contributed by atoms with Crippen LogP contribution in [0.2, 0.25) is 0 Å². The molecule has 2 aromatic rings. The van der Waals surface area contributed by atoms with Crippen molar-refractivity contribution in [2.45, 2.75) is 104 Å². The first kappa shape index (κ1) is 29.1. The molecule has 3 nitrogen and oxygen atoms in total. The van der Waals surface area contributed by atoms with Crippen molar-refractivity contribution in [1.82, 2.24) is 0 Å². The molecule has 0 fully saturated rings. The largest absolute Gasteiger partial charge is 0.493 e. The van der Waals surface area contributed by atoms with Crippen LogP contribution in [0.3, 0.4) is 0 Å². The van der Waals surface area contributed by atoms with E-state index in [9.17, 15) is 8.78 Å². The number of unbranched alkanes of at least 4 members (excludes halogenated alkanes) is 9. The Bertz CT molecular complexity index is 998. The standard InChI is InChI=1S/C32H46F2NO2/c1-4-6-8-10-12-14-23-37-32-26-21-22-35(24-27-28(33)16-15-17-29(27)34)30(18-13-11-9-7-5-2)25(26)19-20-31(32)36-3/h15-17,19-20H,4-14,18,21-24H2,1-3H3/q+1. The van der Waals surface area contributed by atoms with Gasteiger partial charge in [0.15, 0.2) is 23.8 Å². The maximum absolute atomic E-state index is 14.5. The minimum Gasteiger partial charge on any atom is -0.493 e. The third kappa shape index (κ3) is 8.28. The molecule has 204 valence electrons.